The van der Waals surface area contributed by atoms with Crippen molar-refractivity contribution in [2.45, 2.75) is 24.7 Å². The van der Waals surface area contributed by atoms with Crippen LogP contribution in [0.4, 0.5) is 0 Å². The molecule has 0 aromatic rings. The Bertz CT molecular complexity index is 247. The Morgan fingerprint density at radius 1 is 1.73 bits per heavy atom. The van der Waals surface area contributed by atoms with Gasteiger partial charge in [-0.2, -0.15) is 0 Å². The van der Waals surface area contributed by atoms with Gasteiger partial charge in [-0.15, -0.1) is 0 Å². The predicted molar refractivity (Wildman–Crippen MR) is 30.8 cm³/mol. The molecule has 0 aliphatic carbocycles. The number of carbonyl (C=O) groups is 2. The highest BCUT2D eigenvalue weighted by atomic mass is 16.7. The normalized spacial score (nSPS) is 46.5. The van der Waals surface area contributed by atoms with Gasteiger partial charge < -0.3 is 14.6 Å². The van der Waals surface area contributed by atoms with Crippen LogP contribution in [0.2, 0.25) is 0 Å². The molecule has 2 aliphatic rings. The molecule has 0 spiro atoms. The number of cyclic esters (lactones) is 1. The summed E-state index contributed by atoms with van der Waals surface area (Å²) in [7, 11) is 0. The molecule has 0 bridgehead atoms. The molecule has 0 aromatic heterocycles. The Kier molecular flexibility index (Phi) is 0.933. The van der Waals surface area contributed by atoms with Crippen LogP contribution in [0.1, 0.15) is 6.92 Å². The smallest absolute Gasteiger partial charge is 0.353 e. The summed E-state index contributed by atoms with van der Waals surface area (Å²) in [6, 6.07) is 0. The summed E-state index contributed by atoms with van der Waals surface area (Å²) in [5.74, 6) is -2.03. The first-order valence-electron chi connectivity index (χ1n) is 3.21. The van der Waals surface area contributed by atoms with Gasteiger partial charge >= 0.3 is 11.9 Å². The van der Waals surface area contributed by atoms with Crippen LogP contribution in [0.25, 0.3) is 0 Å². The molecule has 5 heteroatoms. The first kappa shape index (κ1) is 6.60. The summed E-state index contributed by atoms with van der Waals surface area (Å²) in [5, 5.41) is 8.58. The summed E-state index contributed by atoms with van der Waals surface area (Å²) in [5.41, 5.74) is -1.65. The highest BCUT2D eigenvalue weighted by Crippen LogP contribution is 2.46. The molecule has 2 saturated heterocycles. The number of epoxide rings is 1. The van der Waals surface area contributed by atoms with Gasteiger partial charge in [0.05, 0.1) is 0 Å². The molecule has 0 saturated carbocycles. The second kappa shape index (κ2) is 1.55. The van der Waals surface area contributed by atoms with Gasteiger partial charge in [0.25, 0.3) is 5.60 Å². The van der Waals surface area contributed by atoms with E-state index in [0.717, 1.165) is 0 Å². The number of rotatable bonds is 1. The molecular weight excluding hydrogens is 152 g/mol. The third kappa shape index (κ3) is 0.544. The molecule has 60 valence electrons. The number of carboxylic acids is 1. The fraction of sp³-hybridized carbons (Fsp3) is 0.667. The Hall–Kier alpha value is -1.10. The maximum atomic E-state index is 10.9. The van der Waals surface area contributed by atoms with Gasteiger partial charge in [0.2, 0.25) is 0 Å². The maximum Gasteiger partial charge on any atom is 0.353 e. The van der Waals surface area contributed by atoms with E-state index in [0.29, 0.717) is 0 Å². The second-order valence-electron chi connectivity index (χ2n) is 2.69. The fourth-order valence-corrected chi connectivity index (χ4v) is 1.33. The van der Waals surface area contributed by atoms with Gasteiger partial charge in [0.15, 0.2) is 0 Å². The lowest BCUT2D eigenvalue weighted by atomic mass is 10.1. The maximum absolute atomic E-state index is 10.9. The van der Waals surface area contributed by atoms with E-state index < -0.39 is 29.7 Å². The van der Waals surface area contributed by atoms with Crippen LogP contribution in [0.3, 0.4) is 0 Å². The van der Waals surface area contributed by atoms with Crippen LogP contribution < -0.4 is 0 Å². The van der Waals surface area contributed by atoms with E-state index >= 15 is 0 Å². The molecule has 2 rings (SSSR count). The third-order valence-corrected chi connectivity index (χ3v) is 2.00. The average molecular weight is 158 g/mol. The van der Waals surface area contributed by atoms with Crippen LogP contribution in [0.5, 0.6) is 0 Å². The number of fused-ring (bicyclic) bond motifs is 1. The number of hydrogen-bond donors (Lipinski definition) is 1. The highest BCUT2D eigenvalue weighted by Gasteiger charge is 2.77. The minimum absolute atomic E-state index is 0.432. The van der Waals surface area contributed by atoms with Gasteiger partial charge in [-0.25, -0.2) is 9.59 Å². The molecule has 0 amide bonds. The molecule has 0 radical (unpaired) electrons. The minimum atomic E-state index is -1.65. The summed E-state index contributed by atoms with van der Waals surface area (Å²) >= 11 is 0. The molecule has 5 nitrogen and oxygen atoms in total. The monoisotopic (exact) mass is 158 g/mol. The quantitative estimate of drug-likeness (QED) is 0.305. The number of carbonyl (C=O) groups excluding carboxylic acids is 1. The molecule has 0 aromatic carbocycles. The summed E-state index contributed by atoms with van der Waals surface area (Å²) in [4.78, 5) is 21.4. The summed E-state index contributed by atoms with van der Waals surface area (Å²) < 4.78 is 9.40. The molecule has 2 aliphatic heterocycles. The summed E-state index contributed by atoms with van der Waals surface area (Å²) in [6.45, 7) is 1.61. The molecule has 1 N–H and O–H groups in total. The topological polar surface area (TPSA) is 76.1 Å². The largest absolute Gasteiger partial charge is 0.479 e. The standard InChI is InChI=1S/C6H6O5/c1-2-3-6(11-3,4(7)8)5(9)10-2/h2-3H,1H3,(H,7,8). The van der Waals surface area contributed by atoms with Gasteiger partial charge in [-0.3, -0.25) is 0 Å². The van der Waals surface area contributed by atoms with Crippen LogP contribution >= 0.6 is 0 Å². The summed E-state index contributed by atoms with van der Waals surface area (Å²) in [6.07, 6.45) is -1.01. The van der Waals surface area contributed by atoms with Crippen LogP contribution in [-0.2, 0) is 19.1 Å². The Morgan fingerprint density at radius 2 is 2.36 bits per heavy atom. The zero-order valence-electron chi connectivity index (χ0n) is 5.73. The van der Waals surface area contributed by atoms with Crippen molar-refractivity contribution in [3.8, 4) is 0 Å². The lowest BCUT2D eigenvalue weighted by Crippen LogP contribution is -2.32. The predicted octanol–water partition coefficient (Wildman–Crippen LogP) is -0.846. The van der Waals surface area contributed by atoms with Crippen molar-refractivity contribution in [1.29, 1.82) is 0 Å². The lowest BCUT2D eigenvalue weighted by Gasteiger charge is -2.03. The average Bonchev–Trinajstić information content (AvgIpc) is 2.56. The first-order valence-corrected chi connectivity index (χ1v) is 3.21. The zero-order chi connectivity index (χ0) is 8.22. The molecule has 3 atom stereocenters. The minimum Gasteiger partial charge on any atom is -0.479 e. The van der Waals surface area contributed by atoms with Crippen molar-refractivity contribution in [2.24, 2.45) is 0 Å². The molecule has 3 unspecified atom stereocenters. The number of ether oxygens (including phenoxy) is 2. The van der Waals surface area contributed by atoms with E-state index in [1.165, 1.54) is 0 Å². The van der Waals surface area contributed by atoms with E-state index in [-0.39, 0.29) is 0 Å². The number of esters is 1. The van der Waals surface area contributed by atoms with Crippen LogP contribution in [-0.4, -0.2) is 34.9 Å². The van der Waals surface area contributed by atoms with Crippen LogP contribution in [0, 0.1) is 0 Å². The van der Waals surface area contributed by atoms with E-state index in [1.54, 1.807) is 6.92 Å². The van der Waals surface area contributed by atoms with Crippen LogP contribution in [0.15, 0.2) is 0 Å². The van der Waals surface area contributed by atoms with Crippen molar-refractivity contribution >= 4 is 11.9 Å². The van der Waals surface area contributed by atoms with Gasteiger partial charge in [0, 0.05) is 0 Å². The van der Waals surface area contributed by atoms with Crippen molar-refractivity contribution in [2.75, 3.05) is 0 Å². The Balaban J connectivity index is 2.33. The molecule has 2 fully saturated rings. The number of hydrogen-bond acceptors (Lipinski definition) is 4. The van der Waals surface area contributed by atoms with Gasteiger partial charge in [0.1, 0.15) is 12.2 Å². The second-order valence-corrected chi connectivity index (χ2v) is 2.69. The number of aliphatic carboxylic acids is 1. The highest BCUT2D eigenvalue weighted by molar-refractivity contribution is 6.08. The van der Waals surface area contributed by atoms with Gasteiger partial charge in [-0.1, -0.05) is 0 Å². The van der Waals surface area contributed by atoms with Crippen molar-refractivity contribution in [1.82, 2.24) is 0 Å². The van der Waals surface area contributed by atoms with Crippen molar-refractivity contribution < 1.29 is 24.2 Å². The van der Waals surface area contributed by atoms with E-state index in [9.17, 15) is 9.59 Å². The Morgan fingerprint density at radius 3 is 2.55 bits per heavy atom. The molecule has 11 heavy (non-hydrogen) atoms. The Labute approximate surface area is 61.9 Å². The van der Waals surface area contributed by atoms with E-state index in [1.807, 2.05) is 0 Å². The molecule has 2 heterocycles. The van der Waals surface area contributed by atoms with E-state index in [2.05, 4.69) is 4.74 Å². The van der Waals surface area contributed by atoms with E-state index in [4.69, 9.17) is 9.84 Å². The zero-order valence-corrected chi connectivity index (χ0v) is 5.73. The fourth-order valence-electron chi connectivity index (χ4n) is 1.33. The van der Waals surface area contributed by atoms with Gasteiger partial charge in [-0.05, 0) is 6.92 Å². The van der Waals surface area contributed by atoms with Crippen molar-refractivity contribution in [3.63, 3.8) is 0 Å². The molecular formula is C6H6O5. The SMILES string of the molecule is CC1OC(=O)C2(C(=O)O)OC12. The lowest BCUT2D eigenvalue weighted by molar-refractivity contribution is -0.161. The number of carboxylic acid groups (broad SMARTS) is 1. The van der Waals surface area contributed by atoms with Crippen molar-refractivity contribution in [3.05, 3.63) is 0 Å². The third-order valence-electron chi connectivity index (χ3n) is 2.00. The first-order chi connectivity index (χ1) is 5.09.